The van der Waals surface area contributed by atoms with Crippen molar-refractivity contribution in [2.45, 2.75) is 33.6 Å². The van der Waals surface area contributed by atoms with Crippen LogP contribution in [0.4, 0.5) is 11.4 Å². The molecule has 0 unspecified atom stereocenters. The van der Waals surface area contributed by atoms with Crippen molar-refractivity contribution in [3.63, 3.8) is 0 Å². The molecule has 32 heavy (non-hydrogen) atoms. The maximum absolute atomic E-state index is 13.2. The molecule has 0 aliphatic rings. The van der Waals surface area contributed by atoms with Crippen molar-refractivity contribution in [2.75, 3.05) is 11.9 Å². The molecule has 0 aliphatic carbocycles. The minimum absolute atomic E-state index is 0.0865. The van der Waals surface area contributed by atoms with Gasteiger partial charge in [-0.15, -0.1) is 0 Å². The number of aryl methyl sites for hydroxylation is 1. The van der Waals surface area contributed by atoms with Gasteiger partial charge in [-0.3, -0.25) is 24.5 Å². The van der Waals surface area contributed by atoms with Gasteiger partial charge in [-0.2, -0.15) is 0 Å². The first-order valence-electron chi connectivity index (χ1n) is 10.4. The van der Waals surface area contributed by atoms with Crippen LogP contribution in [-0.4, -0.2) is 34.5 Å². The molecule has 3 rings (SSSR count). The van der Waals surface area contributed by atoms with E-state index in [1.165, 1.54) is 17.8 Å². The van der Waals surface area contributed by atoms with Crippen molar-refractivity contribution >= 4 is 29.5 Å². The summed E-state index contributed by atoms with van der Waals surface area (Å²) < 4.78 is 6.40. The Hall–Kier alpha value is -3.94. The zero-order valence-electron chi connectivity index (χ0n) is 18.3. The third-order valence-electron chi connectivity index (χ3n) is 4.78. The molecule has 1 heterocycles. The van der Waals surface area contributed by atoms with E-state index in [9.17, 15) is 14.4 Å². The Morgan fingerprint density at radius 3 is 2.50 bits per heavy atom. The highest BCUT2D eigenvalue weighted by atomic mass is 16.5. The van der Waals surface area contributed by atoms with Gasteiger partial charge < -0.3 is 10.1 Å². The number of aliphatic imine (C=N–C) groups is 1. The van der Waals surface area contributed by atoms with Crippen LogP contribution >= 0.6 is 0 Å². The van der Waals surface area contributed by atoms with Crippen LogP contribution in [0.25, 0.3) is 5.69 Å². The first-order chi connectivity index (χ1) is 15.4. The Balaban J connectivity index is 2.02. The Morgan fingerprint density at radius 1 is 1.12 bits per heavy atom. The zero-order valence-corrected chi connectivity index (χ0v) is 18.3. The third kappa shape index (κ3) is 5.40. The van der Waals surface area contributed by atoms with Gasteiger partial charge in [-0.05, 0) is 49.2 Å². The van der Waals surface area contributed by atoms with E-state index >= 15 is 0 Å². The van der Waals surface area contributed by atoms with Gasteiger partial charge >= 0.3 is 5.97 Å². The molecule has 2 N–H and O–H groups in total. The molecule has 8 heteroatoms. The lowest BCUT2D eigenvalue weighted by Crippen LogP contribution is -2.17. The summed E-state index contributed by atoms with van der Waals surface area (Å²) in [6.45, 7) is 5.44. The first-order valence-corrected chi connectivity index (χ1v) is 10.4. The standard InChI is InChI=1S/C24H26N4O4/c1-4-17-8-6-7-9-21(17)25-15-20-22(14-23(30)32-5-2)27-28(24(20)31)19-12-10-18(11-13-19)26-16(3)29/h6-13,15,27H,4-5,14H2,1-3H3,(H,26,29). The van der Waals surface area contributed by atoms with Crippen LogP contribution in [0.3, 0.4) is 0 Å². The molecule has 3 aromatic rings. The highest BCUT2D eigenvalue weighted by Gasteiger charge is 2.17. The van der Waals surface area contributed by atoms with Crippen molar-refractivity contribution in [3.05, 3.63) is 75.7 Å². The highest BCUT2D eigenvalue weighted by Crippen LogP contribution is 2.19. The molecule has 0 aliphatic heterocycles. The lowest BCUT2D eigenvalue weighted by Gasteiger charge is -2.05. The number of anilines is 1. The molecule has 0 saturated carbocycles. The summed E-state index contributed by atoms with van der Waals surface area (Å²) in [6.07, 6.45) is 2.21. The van der Waals surface area contributed by atoms with Crippen molar-refractivity contribution < 1.29 is 14.3 Å². The Kier molecular flexibility index (Phi) is 7.38. The number of aromatic amines is 1. The van der Waals surface area contributed by atoms with Crippen LogP contribution in [-0.2, 0) is 27.2 Å². The number of esters is 1. The number of nitrogens with one attached hydrogen (secondary N) is 2. The number of rotatable bonds is 8. The molecule has 1 amide bonds. The maximum atomic E-state index is 13.2. The number of benzene rings is 2. The number of nitrogens with zero attached hydrogens (tertiary/aromatic N) is 2. The van der Waals surface area contributed by atoms with Gasteiger partial charge in [0.2, 0.25) is 5.91 Å². The van der Waals surface area contributed by atoms with Crippen LogP contribution in [0.2, 0.25) is 0 Å². The van der Waals surface area contributed by atoms with E-state index in [1.807, 2.05) is 31.2 Å². The number of amides is 1. The van der Waals surface area contributed by atoms with E-state index in [1.54, 1.807) is 31.2 Å². The van der Waals surface area contributed by atoms with Crippen LogP contribution < -0.4 is 10.9 Å². The summed E-state index contributed by atoms with van der Waals surface area (Å²) >= 11 is 0. The van der Waals surface area contributed by atoms with E-state index < -0.39 is 5.97 Å². The first kappa shape index (κ1) is 22.7. The molecular formula is C24H26N4O4. The van der Waals surface area contributed by atoms with Gasteiger partial charge in [-0.25, -0.2) is 4.68 Å². The van der Waals surface area contributed by atoms with Gasteiger partial charge in [0.05, 0.1) is 35.7 Å². The van der Waals surface area contributed by atoms with Gasteiger partial charge in [-0.1, -0.05) is 25.1 Å². The monoisotopic (exact) mass is 434 g/mol. The topological polar surface area (TPSA) is 106 Å². The number of aromatic nitrogens is 2. The number of hydrogen-bond donors (Lipinski definition) is 2. The zero-order chi connectivity index (χ0) is 23.1. The predicted octanol–water partition coefficient (Wildman–Crippen LogP) is 3.54. The van der Waals surface area contributed by atoms with Gasteiger partial charge in [0, 0.05) is 18.8 Å². The van der Waals surface area contributed by atoms with Gasteiger partial charge in [0.15, 0.2) is 0 Å². The second-order valence-corrected chi connectivity index (χ2v) is 7.09. The molecular weight excluding hydrogens is 408 g/mol. The Bertz CT molecular complexity index is 1190. The van der Waals surface area contributed by atoms with Crippen molar-refractivity contribution in [3.8, 4) is 5.69 Å². The average Bonchev–Trinajstić information content (AvgIpc) is 3.07. The van der Waals surface area contributed by atoms with Crippen LogP contribution in [0.1, 0.15) is 37.6 Å². The van der Waals surface area contributed by atoms with E-state index in [4.69, 9.17) is 4.74 Å². The Morgan fingerprint density at radius 2 is 1.84 bits per heavy atom. The molecule has 1 aromatic heterocycles. The van der Waals surface area contributed by atoms with Crippen LogP contribution in [0.5, 0.6) is 0 Å². The lowest BCUT2D eigenvalue weighted by molar-refractivity contribution is -0.142. The highest BCUT2D eigenvalue weighted by molar-refractivity contribution is 5.88. The summed E-state index contributed by atoms with van der Waals surface area (Å²) in [7, 11) is 0. The van der Waals surface area contributed by atoms with Gasteiger partial charge in [0.25, 0.3) is 5.56 Å². The Labute approximate surface area is 185 Å². The summed E-state index contributed by atoms with van der Waals surface area (Å²) in [5.74, 6) is -0.622. The average molecular weight is 434 g/mol. The molecule has 0 radical (unpaired) electrons. The normalized spacial score (nSPS) is 11.0. The number of carbonyl (C=O) groups excluding carboxylic acids is 2. The van der Waals surface area contributed by atoms with E-state index in [0.29, 0.717) is 17.1 Å². The quantitative estimate of drug-likeness (QED) is 0.418. The molecule has 166 valence electrons. The largest absolute Gasteiger partial charge is 0.466 e. The summed E-state index contributed by atoms with van der Waals surface area (Å²) in [4.78, 5) is 41.0. The van der Waals surface area contributed by atoms with Crippen LogP contribution in [0.15, 0.2) is 58.3 Å². The number of H-pyrrole nitrogens is 1. The van der Waals surface area contributed by atoms with Crippen molar-refractivity contribution in [2.24, 2.45) is 4.99 Å². The molecule has 2 aromatic carbocycles. The fourth-order valence-electron chi connectivity index (χ4n) is 3.27. The minimum atomic E-state index is -0.439. The minimum Gasteiger partial charge on any atom is -0.466 e. The summed E-state index contributed by atoms with van der Waals surface area (Å²) in [6, 6.07) is 14.5. The smallest absolute Gasteiger partial charge is 0.311 e. The fourth-order valence-corrected chi connectivity index (χ4v) is 3.27. The molecule has 0 fully saturated rings. The maximum Gasteiger partial charge on any atom is 0.311 e. The molecule has 0 saturated heterocycles. The number of para-hydroxylation sites is 1. The second-order valence-electron chi connectivity index (χ2n) is 7.09. The summed E-state index contributed by atoms with van der Waals surface area (Å²) in [5, 5.41) is 5.69. The van der Waals surface area contributed by atoms with E-state index in [2.05, 4.69) is 15.4 Å². The van der Waals surface area contributed by atoms with Crippen molar-refractivity contribution in [1.29, 1.82) is 0 Å². The predicted molar refractivity (Wildman–Crippen MR) is 124 cm³/mol. The molecule has 0 bridgehead atoms. The molecule has 0 atom stereocenters. The van der Waals surface area contributed by atoms with Crippen molar-refractivity contribution in [1.82, 2.24) is 9.78 Å². The van der Waals surface area contributed by atoms with E-state index in [0.717, 1.165) is 17.7 Å². The van der Waals surface area contributed by atoms with Gasteiger partial charge in [0.1, 0.15) is 0 Å². The lowest BCUT2D eigenvalue weighted by atomic mass is 10.1. The SMILES string of the molecule is CCOC(=O)Cc1[nH]n(-c2ccc(NC(C)=O)cc2)c(=O)c1C=Nc1ccccc1CC. The fraction of sp³-hybridized carbons (Fsp3) is 0.250. The molecule has 8 nitrogen and oxygen atoms in total. The van der Waals surface area contributed by atoms with E-state index in [-0.39, 0.29) is 30.1 Å². The number of carbonyl (C=O) groups is 2. The number of hydrogen-bond acceptors (Lipinski definition) is 5. The molecule has 0 spiro atoms. The summed E-state index contributed by atoms with van der Waals surface area (Å²) in [5.41, 5.74) is 3.36. The third-order valence-corrected chi connectivity index (χ3v) is 4.78. The second kappa shape index (κ2) is 10.4. The van der Waals surface area contributed by atoms with Crippen LogP contribution in [0, 0.1) is 0 Å². The number of ether oxygens (including phenoxy) is 1.